The molecule has 9 heteroatoms. The van der Waals surface area contributed by atoms with Crippen LogP contribution in [0.4, 0.5) is 5.69 Å². The molecular weight excluding hydrogens is 430 g/mol. The Labute approximate surface area is 167 Å². The van der Waals surface area contributed by atoms with Crippen LogP contribution in [0.15, 0.2) is 57.8 Å². The van der Waals surface area contributed by atoms with Gasteiger partial charge in [-0.3, -0.25) is 14.9 Å². The van der Waals surface area contributed by atoms with E-state index < -0.39 is 22.0 Å². The molecule has 0 aliphatic carbocycles. The molecule has 1 heterocycles. The van der Waals surface area contributed by atoms with Gasteiger partial charge in [-0.25, -0.2) is 0 Å². The second-order valence-corrected chi connectivity index (χ2v) is 6.53. The minimum Gasteiger partial charge on any atom is -0.488 e. The smallest absolute Gasteiger partial charge is 0.395 e. The molecule has 142 valence electrons. The highest BCUT2D eigenvalue weighted by molar-refractivity contribution is 9.10. The summed E-state index contributed by atoms with van der Waals surface area (Å²) in [5.41, 5.74) is -0.200. The zero-order valence-electron chi connectivity index (χ0n) is 14.3. The molecule has 0 amide bonds. The Hall–Kier alpha value is -3.46. The molecule has 2 N–H and O–H groups in total. The van der Waals surface area contributed by atoms with E-state index >= 15 is 0 Å². The van der Waals surface area contributed by atoms with Crippen LogP contribution in [0.2, 0.25) is 0 Å². The predicted octanol–water partition coefficient (Wildman–Crippen LogP) is 3.90. The number of ether oxygens (including phenoxy) is 1. The van der Waals surface area contributed by atoms with E-state index in [2.05, 4.69) is 25.9 Å². The molecule has 0 aliphatic heterocycles. The first-order valence-electron chi connectivity index (χ1n) is 8.06. The maximum absolute atomic E-state index is 11.6. The fraction of sp³-hybridized carbons (Fsp3) is 0.0526. The number of aromatic nitrogens is 2. The second kappa shape index (κ2) is 8.49. The van der Waals surface area contributed by atoms with Gasteiger partial charge in [-0.2, -0.15) is 4.98 Å². The van der Waals surface area contributed by atoms with Gasteiger partial charge < -0.3 is 14.8 Å². The number of benzene rings is 2. The van der Waals surface area contributed by atoms with E-state index in [0.717, 1.165) is 15.6 Å². The summed E-state index contributed by atoms with van der Waals surface area (Å²) in [5, 5.41) is 20.2. The van der Waals surface area contributed by atoms with Crippen molar-refractivity contribution in [3.63, 3.8) is 0 Å². The first-order valence-corrected chi connectivity index (χ1v) is 8.85. The lowest BCUT2D eigenvalue weighted by molar-refractivity contribution is -0.387. The molecule has 1 aromatic heterocycles. The van der Waals surface area contributed by atoms with Crippen LogP contribution in [-0.2, 0) is 6.61 Å². The number of nitrogens with zero attached hydrogens (tertiary/aromatic N) is 2. The molecule has 2 aromatic carbocycles. The molecule has 0 bridgehead atoms. The molecule has 0 saturated carbocycles. The van der Waals surface area contributed by atoms with Crippen LogP contribution in [-0.4, -0.2) is 20.0 Å². The third-order valence-electron chi connectivity index (χ3n) is 3.70. The molecule has 0 aliphatic rings. The molecule has 0 unspecified atom stereocenters. The van der Waals surface area contributed by atoms with Crippen LogP contribution in [0.25, 0.3) is 12.2 Å². The number of hydrogen-bond acceptors (Lipinski definition) is 6. The van der Waals surface area contributed by atoms with Gasteiger partial charge in [0.05, 0.1) is 9.40 Å². The van der Waals surface area contributed by atoms with Crippen LogP contribution in [0.5, 0.6) is 11.6 Å². The summed E-state index contributed by atoms with van der Waals surface area (Å²) in [6.45, 7) is 0.432. The summed E-state index contributed by atoms with van der Waals surface area (Å²) in [4.78, 5) is 27.2. The van der Waals surface area contributed by atoms with Gasteiger partial charge in [0.1, 0.15) is 18.2 Å². The van der Waals surface area contributed by atoms with Crippen LogP contribution in [0.3, 0.4) is 0 Å². The molecule has 28 heavy (non-hydrogen) atoms. The highest BCUT2D eigenvalue weighted by Crippen LogP contribution is 2.27. The number of aromatic amines is 1. The normalized spacial score (nSPS) is 10.9. The largest absolute Gasteiger partial charge is 0.488 e. The zero-order valence-corrected chi connectivity index (χ0v) is 15.9. The number of halogens is 1. The molecule has 3 aromatic rings. The Morgan fingerprint density at radius 2 is 1.96 bits per heavy atom. The van der Waals surface area contributed by atoms with Gasteiger partial charge in [0, 0.05) is 0 Å². The summed E-state index contributed by atoms with van der Waals surface area (Å²) in [5.74, 6) is -0.270. The lowest BCUT2D eigenvalue weighted by Crippen LogP contribution is -2.14. The van der Waals surface area contributed by atoms with E-state index in [1.165, 1.54) is 6.08 Å². The minimum absolute atomic E-state index is 0.00590. The lowest BCUT2D eigenvalue weighted by atomic mass is 10.2. The van der Waals surface area contributed by atoms with Crippen LogP contribution in [0.1, 0.15) is 17.0 Å². The summed E-state index contributed by atoms with van der Waals surface area (Å²) >= 11 is 3.45. The standard InChI is InChI=1S/C19H14BrN3O5/c20-14-10-12(6-8-15(14)28-11-13-4-2-1-3-5-13)7-9-16-21-18(24)17(23(26)27)19(25)22-16/h1-10H,11H2,(H2,21,22,24,25)/b9-7+. The summed E-state index contributed by atoms with van der Waals surface area (Å²) < 4.78 is 6.51. The van der Waals surface area contributed by atoms with Crippen LogP contribution in [0, 0.1) is 10.1 Å². The van der Waals surface area contributed by atoms with Crippen molar-refractivity contribution in [2.24, 2.45) is 0 Å². The number of nitro groups is 1. The number of nitrogens with one attached hydrogen (secondary N) is 1. The van der Waals surface area contributed by atoms with Crippen molar-refractivity contribution in [1.29, 1.82) is 0 Å². The Kier molecular flexibility index (Phi) is 5.85. The molecule has 0 spiro atoms. The van der Waals surface area contributed by atoms with Crippen LogP contribution < -0.4 is 10.3 Å². The molecule has 0 fully saturated rings. The van der Waals surface area contributed by atoms with Gasteiger partial charge >= 0.3 is 11.2 Å². The third-order valence-corrected chi connectivity index (χ3v) is 4.32. The molecule has 3 rings (SSSR count). The van der Waals surface area contributed by atoms with E-state index in [9.17, 15) is 20.0 Å². The monoisotopic (exact) mass is 443 g/mol. The van der Waals surface area contributed by atoms with E-state index in [-0.39, 0.29) is 5.82 Å². The number of H-pyrrole nitrogens is 1. The van der Waals surface area contributed by atoms with Gasteiger partial charge in [0.15, 0.2) is 0 Å². The summed E-state index contributed by atoms with van der Waals surface area (Å²) in [6, 6.07) is 15.2. The number of hydrogen-bond donors (Lipinski definition) is 2. The summed E-state index contributed by atoms with van der Waals surface area (Å²) in [6.07, 6.45) is 3.06. The van der Waals surface area contributed by atoms with Crippen molar-refractivity contribution in [2.45, 2.75) is 6.61 Å². The molecule has 0 atom stereocenters. The van der Waals surface area contributed by atoms with Crippen molar-refractivity contribution in [1.82, 2.24) is 9.97 Å². The van der Waals surface area contributed by atoms with Crippen molar-refractivity contribution in [2.75, 3.05) is 0 Å². The van der Waals surface area contributed by atoms with Gasteiger partial charge in [-0.1, -0.05) is 42.5 Å². The average Bonchev–Trinajstić information content (AvgIpc) is 2.65. The summed E-state index contributed by atoms with van der Waals surface area (Å²) in [7, 11) is 0. The lowest BCUT2D eigenvalue weighted by Gasteiger charge is -2.09. The van der Waals surface area contributed by atoms with E-state index in [4.69, 9.17) is 4.74 Å². The van der Waals surface area contributed by atoms with Crippen molar-refractivity contribution >= 4 is 33.8 Å². The highest BCUT2D eigenvalue weighted by Gasteiger charge is 2.21. The first-order chi connectivity index (χ1) is 13.4. The number of rotatable bonds is 6. The van der Waals surface area contributed by atoms with Gasteiger partial charge in [-0.15, -0.1) is 0 Å². The Bertz CT molecular complexity index is 1100. The van der Waals surface area contributed by atoms with Gasteiger partial charge in [0.2, 0.25) is 0 Å². The Morgan fingerprint density at radius 3 is 2.61 bits per heavy atom. The van der Waals surface area contributed by atoms with Gasteiger partial charge in [0.25, 0.3) is 5.88 Å². The topological polar surface area (TPSA) is 118 Å². The maximum atomic E-state index is 11.6. The predicted molar refractivity (Wildman–Crippen MR) is 107 cm³/mol. The van der Waals surface area contributed by atoms with Crippen LogP contribution >= 0.6 is 15.9 Å². The average molecular weight is 444 g/mol. The van der Waals surface area contributed by atoms with E-state index in [0.29, 0.717) is 12.4 Å². The van der Waals surface area contributed by atoms with Crippen molar-refractivity contribution < 1.29 is 14.8 Å². The molecule has 8 nitrogen and oxygen atoms in total. The SMILES string of the molecule is O=c1[nH]c(/C=C/c2ccc(OCc3ccccc3)c(Br)c2)nc(O)c1[N+](=O)[O-]. The van der Waals surface area contributed by atoms with Gasteiger partial charge in [-0.05, 0) is 45.3 Å². The van der Waals surface area contributed by atoms with Crippen molar-refractivity contribution in [3.05, 3.63) is 90.4 Å². The van der Waals surface area contributed by atoms with E-state index in [1.54, 1.807) is 24.3 Å². The molecular formula is C19H14BrN3O5. The van der Waals surface area contributed by atoms with Crippen molar-refractivity contribution in [3.8, 4) is 11.6 Å². The maximum Gasteiger partial charge on any atom is 0.395 e. The molecule has 0 saturated heterocycles. The first kappa shape index (κ1) is 19.3. The molecule has 0 radical (unpaired) electrons. The zero-order chi connectivity index (χ0) is 20.1. The number of aromatic hydroxyl groups is 1. The quantitative estimate of drug-likeness (QED) is 0.440. The third kappa shape index (κ3) is 4.63. The highest BCUT2D eigenvalue weighted by atomic mass is 79.9. The van der Waals surface area contributed by atoms with E-state index in [1.807, 2.05) is 30.3 Å². The minimum atomic E-state index is -1.03. The Morgan fingerprint density at radius 1 is 1.21 bits per heavy atom. The second-order valence-electron chi connectivity index (χ2n) is 5.68. The fourth-order valence-corrected chi connectivity index (χ4v) is 2.87. The fourth-order valence-electron chi connectivity index (χ4n) is 2.36. The Balaban J connectivity index is 1.74.